The summed E-state index contributed by atoms with van der Waals surface area (Å²) in [5.41, 5.74) is 0. The van der Waals surface area contributed by atoms with E-state index in [0.717, 1.165) is 0 Å². The van der Waals surface area contributed by atoms with Crippen LogP contribution in [0, 0.1) is 101 Å². The Kier molecular flexibility index (Phi) is 443. The normalized spacial score (nSPS) is 2.73. The van der Waals surface area contributed by atoms with Gasteiger partial charge in [0.2, 0.25) is 0 Å². The molecule has 0 amide bonds. The van der Waals surface area contributed by atoms with Crippen LogP contribution in [0.15, 0.2) is 0 Å². The van der Waals surface area contributed by atoms with E-state index in [0.29, 0.717) is 0 Å². The molecule has 0 aliphatic carbocycles. The third-order valence-corrected chi connectivity index (χ3v) is 0.1000. The van der Waals surface area contributed by atoms with Crippen molar-refractivity contribution < 1.29 is 109 Å². The van der Waals surface area contributed by atoms with Crippen LogP contribution in [0.1, 0.15) is 14.9 Å². The Morgan fingerprint density at radius 3 is 0.818 bits per heavy atom. The van der Waals surface area contributed by atoms with Crippen molar-refractivity contribution in [2.45, 2.75) is 14.9 Å². The van der Waals surface area contributed by atoms with E-state index in [9.17, 15) is 0 Å². The second-order valence-electron chi connectivity index (χ2n) is 0.447. The summed E-state index contributed by atoms with van der Waals surface area (Å²) in [4.78, 5) is 0. The molecule has 0 aromatic heterocycles. The van der Waals surface area contributed by atoms with Crippen molar-refractivity contribution in [1.82, 2.24) is 0 Å². The van der Waals surface area contributed by atoms with Crippen LogP contribution in [0.2, 0.25) is 0 Å². The molecule has 0 saturated heterocycles. The van der Waals surface area contributed by atoms with Gasteiger partial charge in [-0.3, -0.25) is 0 Å². The predicted molar refractivity (Wildman–Crippen MR) is 37.7 cm³/mol. The number of aliphatic hydroxyl groups excluding tert-OH is 2. The summed E-state index contributed by atoms with van der Waals surface area (Å²) in [6, 6.07) is 0. The average Bonchev–Trinajstić information content (AvgIpc) is 1.37. The number of rotatable bonds is 1. The first-order chi connectivity index (χ1) is 1.91. The van der Waals surface area contributed by atoms with Gasteiger partial charge in [-0.25, -0.2) is 0 Å². The molecule has 3 nitrogen and oxygen atoms in total. The maximum Gasteiger partial charge on any atom is 0.0662 e. The quantitative estimate of drug-likeness (QED) is 0.362. The molecular weight excluding hydrogens is 822 g/mol. The first-order valence-electron chi connectivity index (χ1n) is 1.13. The molecule has 0 aromatic carbocycles. The summed E-state index contributed by atoms with van der Waals surface area (Å²) >= 11 is 0. The summed E-state index contributed by atoms with van der Waals surface area (Å²) < 4.78 is 0. The van der Waals surface area contributed by atoms with E-state index in [-0.39, 0.29) is 134 Å². The summed E-state index contributed by atoms with van der Waals surface area (Å²) in [5, 5.41) is 15.2. The van der Waals surface area contributed by atoms with Gasteiger partial charge in [0, 0.05) is 93.3 Å². The van der Waals surface area contributed by atoms with Gasteiger partial charge in [-0.1, -0.05) is 14.9 Å². The van der Waals surface area contributed by atoms with Crippen LogP contribution in [0.5, 0.6) is 0 Å². The van der Waals surface area contributed by atoms with Gasteiger partial charge in [0.25, 0.3) is 0 Å². The van der Waals surface area contributed by atoms with E-state index < -0.39 is 0 Å². The van der Waals surface area contributed by atoms with Crippen LogP contribution in [0.4, 0.5) is 0 Å². The number of hydrogen-bond donors (Lipinski definition) is 2. The van der Waals surface area contributed by atoms with Crippen LogP contribution in [-0.4, -0.2) is 28.9 Å². The van der Waals surface area contributed by atoms with E-state index in [1.54, 1.807) is 0 Å². The Morgan fingerprint density at radius 2 is 0.818 bits per heavy atom. The standard InChI is InChI=1S/C2H6O2.2CH4.CH3.H2O.3U/c3-1-2-4;;;;;;;/h3-4H,1-2H2;2*1H4;1H3;1H2;;;/q;;;-1;;;;. The molecule has 6 heteroatoms. The first kappa shape index (κ1) is 65.5. The van der Waals surface area contributed by atoms with E-state index in [4.69, 9.17) is 10.2 Å². The summed E-state index contributed by atoms with van der Waals surface area (Å²) in [6.45, 7) is -0.250. The Hall–Kier alpha value is 3.04. The van der Waals surface area contributed by atoms with Crippen molar-refractivity contribution >= 4 is 0 Å². The second-order valence-corrected chi connectivity index (χ2v) is 0.447. The molecule has 4 N–H and O–H groups in total. The van der Waals surface area contributed by atoms with Crippen molar-refractivity contribution in [3.05, 3.63) is 7.43 Å². The van der Waals surface area contributed by atoms with E-state index >= 15 is 0 Å². The van der Waals surface area contributed by atoms with Gasteiger partial charge in [0.15, 0.2) is 0 Å². The van der Waals surface area contributed by atoms with Crippen LogP contribution in [0.25, 0.3) is 0 Å². The summed E-state index contributed by atoms with van der Waals surface area (Å²) in [5.74, 6) is 0. The van der Waals surface area contributed by atoms with Crippen LogP contribution in [-0.2, 0) is 0 Å². The molecule has 0 saturated carbocycles. The molecule has 0 aliphatic rings. The van der Waals surface area contributed by atoms with Crippen molar-refractivity contribution in [3.63, 3.8) is 0 Å². The zero-order valence-electron chi connectivity index (χ0n) is 5.31. The van der Waals surface area contributed by atoms with E-state index in [2.05, 4.69) is 0 Å². The minimum atomic E-state index is -0.125. The molecule has 0 rings (SSSR count). The minimum absolute atomic E-state index is 0. The molecule has 0 aromatic rings. The second kappa shape index (κ2) is 74.5. The molecule has 0 unspecified atom stereocenters. The Bertz CT molecular complexity index is 18.9. The van der Waals surface area contributed by atoms with Gasteiger partial charge in [0.1, 0.15) is 0 Å². The van der Waals surface area contributed by atoms with E-state index in [1.165, 1.54) is 0 Å². The first-order valence-corrected chi connectivity index (χ1v) is 1.13. The fraction of sp³-hybridized carbons (Fsp3) is 0.800. The van der Waals surface area contributed by atoms with Crippen molar-refractivity contribution in [1.29, 1.82) is 0 Å². The molecule has 0 aliphatic heterocycles. The third kappa shape index (κ3) is 97.5. The Balaban J connectivity index is -0.00000000214. The smallest absolute Gasteiger partial charge is 0.0662 e. The van der Waals surface area contributed by atoms with Gasteiger partial charge in [-0.15, -0.1) is 0 Å². The SMILES string of the molecule is C.C.O.OCCO.[CH3-].[U].[U].[U]. The monoisotopic (exact) mass is 841 g/mol. The predicted octanol–water partition coefficient (Wildman–Crippen LogP) is -0.131. The molecule has 0 fully saturated rings. The zero-order valence-corrected chi connectivity index (χ0v) is 17.8. The Morgan fingerprint density at radius 1 is 0.727 bits per heavy atom. The van der Waals surface area contributed by atoms with Gasteiger partial charge >= 0.3 is 0 Å². The molecule has 0 atom stereocenters. The molecule has 70 valence electrons. The van der Waals surface area contributed by atoms with Gasteiger partial charge < -0.3 is 23.1 Å². The topological polar surface area (TPSA) is 72.0 Å². The molecule has 0 spiro atoms. The molecule has 0 radical (unpaired) electrons. The van der Waals surface area contributed by atoms with Crippen molar-refractivity contribution in [2.75, 3.05) is 13.2 Å². The molecule has 0 heterocycles. The molecule has 0 bridgehead atoms. The largest absolute Gasteiger partial charge is 0.412 e. The van der Waals surface area contributed by atoms with Crippen LogP contribution < -0.4 is 0 Å². The van der Waals surface area contributed by atoms with Gasteiger partial charge in [0.05, 0.1) is 13.2 Å². The van der Waals surface area contributed by atoms with Crippen molar-refractivity contribution in [2.24, 2.45) is 0 Å². The summed E-state index contributed by atoms with van der Waals surface area (Å²) in [6.07, 6.45) is 0. The fourth-order valence-electron chi connectivity index (χ4n) is 0. The average molecular weight is 841 g/mol. The molecular formula is C5H19O3U3-. The minimum Gasteiger partial charge on any atom is -0.412 e. The van der Waals surface area contributed by atoms with Gasteiger partial charge in [-0.05, 0) is 0 Å². The fourth-order valence-corrected chi connectivity index (χ4v) is 0. The molecule has 11 heavy (non-hydrogen) atoms. The Labute approximate surface area is 142 Å². The van der Waals surface area contributed by atoms with Crippen LogP contribution in [0.3, 0.4) is 0 Å². The van der Waals surface area contributed by atoms with Crippen LogP contribution >= 0.6 is 0 Å². The third-order valence-electron chi connectivity index (χ3n) is 0.1000. The van der Waals surface area contributed by atoms with Gasteiger partial charge in [-0.2, -0.15) is 0 Å². The maximum absolute atomic E-state index is 7.62. The maximum atomic E-state index is 7.62. The van der Waals surface area contributed by atoms with E-state index in [1.807, 2.05) is 0 Å². The summed E-state index contributed by atoms with van der Waals surface area (Å²) in [7, 11) is 0. The zero-order chi connectivity index (χ0) is 3.41. The number of hydrogen-bond acceptors (Lipinski definition) is 2. The number of aliphatic hydroxyl groups is 2. The van der Waals surface area contributed by atoms with Crippen molar-refractivity contribution in [3.8, 4) is 0 Å².